The van der Waals surface area contributed by atoms with Crippen LogP contribution in [0.4, 0.5) is 0 Å². The highest BCUT2D eigenvalue weighted by atomic mass is 16.5. The molecule has 0 radical (unpaired) electrons. The summed E-state index contributed by atoms with van der Waals surface area (Å²) >= 11 is 0. The number of aryl methyl sites for hydroxylation is 1. The summed E-state index contributed by atoms with van der Waals surface area (Å²) in [6.07, 6.45) is 3.02. The van der Waals surface area contributed by atoms with Crippen molar-refractivity contribution in [3.05, 3.63) is 77.9 Å². The number of para-hydroxylation sites is 1. The number of ether oxygens (including phenoxy) is 3. The van der Waals surface area contributed by atoms with Gasteiger partial charge < -0.3 is 24.1 Å². The fourth-order valence-corrected chi connectivity index (χ4v) is 5.32. The van der Waals surface area contributed by atoms with Crippen LogP contribution in [0.25, 0.3) is 22.2 Å². The summed E-state index contributed by atoms with van der Waals surface area (Å²) in [5.41, 5.74) is 5.42. The first kappa shape index (κ1) is 23.8. The molecular formula is C30H32N2O4. The average molecular weight is 485 g/mol. The highest BCUT2D eigenvalue weighted by Crippen LogP contribution is 2.39. The van der Waals surface area contributed by atoms with Gasteiger partial charge in [0.15, 0.2) is 0 Å². The number of methoxy groups -OCH3 is 3. The minimum atomic E-state index is 0.0161. The molecule has 6 nitrogen and oxygen atoms in total. The lowest BCUT2D eigenvalue weighted by atomic mass is 9.99. The lowest BCUT2D eigenvalue weighted by molar-refractivity contribution is -0.132. The zero-order valence-corrected chi connectivity index (χ0v) is 21.0. The van der Waals surface area contributed by atoms with Crippen LogP contribution in [0.1, 0.15) is 36.4 Å². The van der Waals surface area contributed by atoms with E-state index in [4.69, 9.17) is 14.2 Å². The molecular weight excluding hydrogens is 452 g/mol. The van der Waals surface area contributed by atoms with Crippen molar-refractivity contribution < 1.29 is 19.0 Å². The number of aromatic amines is 1. The molecule has 0 saturated carbocycles. The van der Waals surface area contributed by atoms with Gasteiger partial charge in [0.2, 0.25) is 5.91 Å². The molecule has 1 N–H and O–H groups in total. The smallest absolute Gasteiger partial charge is 0.223 e. The Labute approximate surface area is 211 Å². The summed E-state index contributed by atoms with van der Waals surface area (Å²) in [5.74, 6) is 2.50. The molecule has 1 aliphatic heterocycles. The van der Waals surface area contributed by atoms with Crippen molar-refractivity contribution in [2.45, 2.75) is 31.7 Å². The van der Waals surface area contributed by atoms with Crippen molar-refractivity contribution in [1.29, 1.82) is 0 Å². The summed E-state index contributed by atoms with van der Waals surface area (Å²) < 4.78 is 16.3. The van der Waals surface area contributed by atoms with Crippen molar-refractivity contribution in [3.8, 4) is 28.5 Å². The second kappa shape index (κ2) is 10.4. The van der Waals surface area contributed by atoms with E-state index in [1.54, 1.807) is 21.3 Å². The van der Waals surface area contributed by atoms with Gasteiger partial charge in [-0.2, -0.15) is 0 Å². The Bertz CT molecular complexity index is 1360. The minimum absolute atomic E-state index is 0.0161. The third-order valence-electron chi connectivity index (χ3n) is 7.15. The molecule has 1 aliphatic rings. The van der Waals surface area contributed by atoms with E-state index in [2.05, 4.69) is 29.2 Å². The van der Waals surface area contributed by atoms with E-state index in [1.807, 2.05) is 47.4 Å². The largest absolute Gasteiger partial charge is 0.497 e. The van der Waals surface area contributed by atoms with E-state index in [1.165, 1.54) is 5.56 Å². The Morgan fingerprint density at radius 3 is 2.44 bits per heavy atom. The van der Waals surface area contributed by atoms with Crippen molar-refractivity contribution in [3.63, 3.8) is 0 Å². The number of H-pyrrole nitrogens is 1. The summed E-state index contributed by atoms with van der Waals surface area (Å²) in [6, 6.07) is 22.2. The van der Waals surface area contributed by atoms with Crippen molar-refractivity contribution in [2.24, 2.45) is 0 Å². The number of rotatable bonds is 8. The van der Waals surface area contributed by atoms with Gasteiger partial charge in [0, 0.05) is 41.2 Å². The number of carbonyl (C=O) groups excluding carboxylic acids is 1. The van der Waals surface area contributed by atoms with Crippen LogP contribution in [-0.2, 0) is 11.2 Å². The fraction of sp³-hybridized carbons (Fsp3) is 0.300. The van der Waals surface area contributed by atoms with Gasteiger partial charge in [-0.05, 0) is 72.9 Å². The third-order valence-corrected chi connectivity index (χ3v) is 7.15. The molecule has 0 aliphatic carbocycles. The Hall–Kier alpha value is -3.93. The molecule has 0 spiro atoms. The van der Waals surface area contributed by atoms with Gasteiger partial charge in [0.05, 0.1) is 27.4 Å². The van der Waals surface area contributed by atoms with Crippen molar-refractivity contribution in [1.82, 2.24) is 9.88 Å². The third kappa shape index (κ3) is 4.51. The number of carbonyl (C=O) groups is 1. The first-order valence-electron chi connectivity index (χ1n) is 12.4. The molecule has 5 rings (SSSR count). The summed E-state index contributed by atoms with van der Waals surface area (Å²) in [4.78, 5) is 19.1. The molecule has 1 unspecified atom stereocenters. The molecule has 1 amide bonds. The lowest BCUT2D eigenvalue weighted by Crippen LogP contribution is -2.31. The normalized spacial score (nSPS) is 15.3. The van der Waals surface area contributed by atoms with Crippen molar-refractivity contribution >= 4 is 16.8 Å². The number of fused-ring (bicyclic) bond motifs is 1. The zero-order chi connectivity index (χ0) is 25.1. The van der Waals surface area contributed by atoms with E-state index in [0.717, 1.165) is 64.4 Å². The monoisotopic (exact) mass is 484 g/mol. The Kier molecular flexibility index (Phi) is 6.85. The first-order valence-corrected chi connectivity index (χ1v) is 12.4. The quantitative estimate of drug-likeness (QED) is 0.325. The van der Waals surface area contributed by atoms with Gasteiger partial charge in [-0.15, -0.1) is 0 Å². The van der Waals surface area contributed by atoms with Crippen LogP contribution in [0.15, 0.2) is 66.7 Å². The maximum absolute atomic E-state index is 13.5. The predicted molar refractivity (Wildman–Crippen MR) is 142 cm³/mol. The number of likely N-dealkylation sites (tertiary alicyclic amines) is 1. The molecule has 3 aromatic carbocycles. The van der Waals surface area contributed by atoms with E-state index in [9.17, 15) is 4.79 Å². The predicted octanol–water partition coefficient (Wildman–Crippen LogP) is 6.16. The van der Waals surface area contributed by atoms with Gasteiger partial charge in [0.25, 0.3) is 0 Å². The van der Waals surface area contributed by atoms with Crippen LogP contribution in [0.5, 0.6) is 17.2 Å². The van der Waals surface area contributed by atoms with Crippen LogP contribution < -0.4 is 14.2 Å². The molecule has 1 aromatic heterocycles. The Balaban J connectivity index is 1.40. The summed E-state index contributed by atoms with van der Waals surface area (Å²) in [7, 11) is 4.98. The molecule has 1 fully saturated rings. The van der Waals surface area contributed by atoms with Crippen LogP contribution in [0, 0.1) is 0 Å². The number of benzene rings is 3. The van der Waals surface area contributed by atoms with E-state index < -0.39 is 0 Å². The molecule has 4 aromatic rings. The molecule has 1 atom stereocenters. The summed E-state index contributed by atoms with van der Waals surface area (Å²) in [5, 5.41) is 1.16. The highest BCUT2D eigenvalue weighted by Gasteiger charge is 2.32. The second-order valence-electron chi connectivity index (χ2n) is 9.11. The van der Waals surface area contributed by atoms with E-state index in [-0.39, 0.29) is 11.9 Å². The van der Waals surface area contributed by atoms with Gasteiger partial charge >= 0.3 is 0 Å². The molecule has 0 bridgehead atoms. The summed E-state index contributed by atoms with van der Waals surface area (Å²) in [6.45, 7) is 0.762. The van der Waals surface area contributed by atoms with Crippen LogP contribution in [-0.4, -0.2) is 43.7 Å². The average Bonchev–Trinajstić information content (AvgIpc) is 3.56. The van der Waals surface area contributed by atoms with Crippen LogP contribution in [0.3, 0.4) is 0 Å². The number of aromatic nitrogens is 1. The molecule has 1 saturated heterocycles. The number of nitrogens with one attached hydrogen (secondary N) is 1. The first-order chi connectivity index (χ1) is 17.6. The van der Waals surface area contributed by atoms with Gasteiger partial charge in [-0.1, -0.05) is 18.2 Å². The molecule has 6 heteroatoms. The number of hydrogen-bond acceptors (Lipinski definition) is 4. The van der Waals surface area contributed by atoms with E-state index in [0.29, 0.717) is 12.8 Å². The van der Waals surface area contributed by atoms with Crippen LogP contribution in [0.2, 0.25) is 0 Å². The number of hydrogen-bond donors (Lipinski definition) is 1. The lowest BCUT2D eigenvalue weighted by Gasteiger charge is -2.26. The zero-order valence-electron chi connectivity index (χ0n) is 21.0. The maximum Gasteiger partial charge on any atom is 0.223 e. The van der Waals surface area contributed by atoms with Crippen molar-refractivity contribution in [2.75, 3.05) is 27.9 Å². The van der Waals surface area contributed by atoms with Crippen LogP contribution >= 0.6 is 0 Å². The minimum Gasteiger partial charge on any atom is -0.497 e. The van der Waals surface area contributed by atoms with Gasteiger partial charge in [-0.25, -0.2) is 0 Å². The molecule has 186 valence electrons. The molecule has 36 heavy (non-hydrogen) atoms. The fourth-order valence-electron chi connectivity index (χ4n) is 5.32. The van der Waals surface area contributed by atoms with E-state index >= 15 is 0 Å². The number of amides is 1. The standard InChI is InChI=1S/C30H32N2O4/c1-34-21-12-10-20(11-13-21)30-24(23-7-4-5-8-26(23)31-30)16-17-29(33)32-18-6-9-27(32)25-15-14-22(35-2)19-28(25)36-3/h4-5,7-8,10-15,19,27,31H,6,9,16-18H2,1-3H3. The Morgan fingerprint density at radius 2 is 1.69 bits per heavy atom. The van der Waals surface area contributed by atoms with Gasteiger partial charge in [-0.3, -0.25) is 4.79 Å². The topological polar surface area (TPSA) is 63.8 Å². The second-order valence-corrected chi connectivity index (χ2v) is 9.11. The van der Waals surface area contributed by atoms with Gasteiger partial charge in [0.1, 0.15) is 17.2 Å². The highest BCUT2D eigenvalue weighted by molar-refractivity contribution is 5.91. The SMILES string of the molecule is COc1ccc(-c2[nH]c3ccccc3c2CCC(=O)N2CCCC2c2ccc(OC)cc2OC)cc1. The maximum atomic E-state index is 13.5. The number of nitrogens with zero attached hydrogens (tertiary/aromatic N) is 1. The Morgan fingerprint density at radius 1 is 0.944 bits per heavy atom. The molecule has 2 heterocycles.